The monoisotopic (exact) mass is 271 g/mol. The lowest BCUT2D eigenvalue weighted by atomic mass is 10.1. The summed E-state index contributed by atoms with van der Waals surface area (Å²) in [5.74, 6) is -0.200. The van der Waals surface area contributed by atoms with Gasteiger partial charge in [-0.3, -0.25) is 0 Å². The van der Waals surface area contributed by atoms with Crippen LogP contribution in [-0.4, -0.2) is 11.7 Å². The van der Waals surface area contributed by atoms with E-state index in [0.29, 0.717) is 6.42 Å². The number of hydrogen-bond donors (Lipinski definition) is 1. The van der Waals surface area contributed by atoms with E-state index in [0.717, 1.165) is 29.9 Å². The predicted molar refractivity (Wildman–Crippen MR) is 78.8 cm³/mol. The van der Waals surface area contributed by atoms with Crippen molar-refractivity contribution in [2.24, 2.45) is 0 Å². The molecule has 1 atom stereocenters. The van der Waals surface area contributed by atoms with E-state index < -0.39 is 6.10 Å². The number of halogens is 1. The van der Waals surface area contributed by atoms with E-state index in [9.17, 15) is 9.50 Å². The Labute approximate surface area is 118 Å². The Morgan fingerprint density at radius 1 is 1.20 bits per heavy atom. The maximum atomic E-state index is 13.4. The van der Waals surface area contributed by atoms with Crippen LogP contribution in [0.25, 0.3) is 0 Å². The Hall–Kier alpha value is -1.87. The number of benzene rings is 2. The molecule has 0 fully saturated rings. The van der Waals surface area contributed by atoms with Crippen molar-refractivity contribution in [3.8, 4) is 0 Å². The van der Waals surface area contributed by atoms with Crippen molar-refractivity contribution in [2.45, 2.75) is 25.9 Å². The molecule has 0 spiro atoms. The maximum absolute atomic E-state index is 13.4. The number of aliphatic hydroxyl groups is 1. The fraction of sp³-hybridized carbons (Fsp3) is 0.294. The number of anilines is 2. The van der Waals surface area contributed by atoms with Gasteiger partial charge >= 0.3 is 0 Å². The molecule has 1 aliphatic rings. The lowest BCUT2D eigenvalue weighted by Gasteiger charge is -2.20. The van der Waals surface area contributed by atoms with Gasteiger partial charge in [-0.1, -0.05) is 25.1 Å². The molecule has 0 unspecified atom stereocenters. The SMILES string of the molecule is CC[C@H](O)c1ccc(N2CCc3ccc(F)cc32)cc1. The molecule has 0 saturated carbocycles. The molecule has 104 valence electrons. The standard InChI is InChI=1S/C17H18FNO/c1-2-17(20)13-4-7-15(8-5-13)19-10-9-12-3-6-14(18)11-16(12)19/h3-8,11,17,20H,2,9-10H2,1H3/t17-/m0/s1. The maximum Gasteiger partial charge on any atom is 0.125 e. The highest BCUT2D eigenvalue weighted by Crippen LogP contribution is 2.35. The number of rotatable bonds is 3. The molecule has 0 amide bonds. The molecular formula is C17H18FNO. The summed E-state index contributed by atoms with van der Waals surface area (Å²) in [7, 11) is 0. The van der Waals surface area contributed by atoms with E-state index in [1.54, 1.807) is 6.07 Å². The van der Waals surface area contributed by atoms with E-state index in [-0.39, 0.29) is 5.82 Å². The van der Waals surface area contributed by atoms with Crippen LogP contribution in [0, 0.1) is 5.82 Å². The predicted octanol–water partition coefficient (Wildman–Crippen LogP) is 3.96. The number of nitrogens with zero attached hydrogens (tertiary/aromatic N) is 1. The molecule has 2 aromatic rings. The Kier molecular flexibility index (Phi) is 3.45. The molecule has 2 nitrogen and oxygen atoms in total. The smallest absolute Gasteiger partial charge is 0.125 e. The van der Waals surface area contributed by atoms with Gasteiger partial charge in [-0.15, -0.1) is 0 Å². The van der Waals surface area contributed by atoms with E-state index in [1.807, 2.05) is 37.3 Å². The summed E-state index contributed by atoms with van der Waals surface area (Å²) < 4.78 is 13.4. The van der Waals surface area contributed by atoms with E-state index in [1.165, 1.54) is 11.6 Å². The van der Waals surface area contributed by atoms with Crippen LogP contribution in [-0.2, 0) is 6.42 Å². The molecule has 0 aliphatic carbocycles. The normalized spacial score (nSPS) is 15.2. The molecule has 1 aliphatic heterocycles. The van der Waals surface area contributed by atoms with E-state index >= 15 is 0 Å². The first kappa shape index (κ1) is 13.1. The highest BCUT2D eigenvalue weighted by Gasteiger charge is 2.21. The van der Waals surface area contributed by atoms with Gasteiger partial charge in [0, 0.05) is 17.9 Å². The zero-order valence-corrected chi connectivity index (χ0v) is 11.5. The van der Waals surface area contributed by atoms with Gasteiger partial charge in [0.2, 0.25) is 0 Å². The highest BCUT2D eigenvalue weighted by molar-refractivity contribution is 5.70. The summed E-state index contributed by atoms with van der Waals surface area (Å²) in [6, 6.07) is 12.9. The average molecular weight is 271 g/mol. The highest BCUT2D eigenvalue weighted by atomic mass is 19.1. The molecule has 0 bridgehead atoms. The first-order valence-corrected chi connectivity index (χ1v) is 7.03. The van der Waals surface area contributed by atoms with Crippen LogP contribution in [0.5, 0.6) is 0 Å². The fourth-order valence-corrected chi connectivity index (χ4v) is 2.73. The summed E-state index contributed by atoms with van der Waals surface area (Å²) in [6.45, 7) is 2.83. The van der Waals surface area contributed by atoms with Gasteiger partial charge in [0.15, 0.2) is 0 Å². The third kappa shape index (κ3) is 2.29. The Bertz CT molecular complexity index is 609. The largest absolute Gasteiger partial charge is 0.388 e. The number of fused-ring (bicyclic) bond motifs is 1. The van der Waals surface area contributed by atoms with Gasteiger partial charge in [0.25, 0.3) is 0 Å². The molecule has 1 N–H and O–H groups in total. The summed E-state index contributed by atoms with van der Waals surface area (Å²) in [6.07, 6.45) is 1.24. The van der Waals surface area contributed by atoms with Crippen LogP contribution in [0.1, 0.15) is 30.6 Å². The minimum absolute atomic E-state index is 0.200. The lowest BCUT2D eigenvalue weighted by molar-refractivity contribution is 0.173. The minimum Gasteiger partial charge on any atom is -0.388 e. The molecule has 2 aromatic carbocycles. The quantitative estimate of drug-likeness (QED) is 0.913. The second-order valence-corrected chi connectivity index (χ2v) is 5.19. The topological polar surface area (TPSA) is 23.5 Å². The average Bonchev–Trinajstić information content (AvgIpc) is 2.89. The molecule has 0 saturated heterocycles. The summed E-state index contributed by atoms with van der Waals surface area (Å²) in [4.78, 5) is 2.13. The molecule has 1 heterocycles. The third-order valence-electron chi connectivity index (χ3n) is 3.92. The fourth-order valence-electron chi connectivity index (χ4n) is 2.73. The van der Waals surface area contributed by atoms with Gasteiger partial charge in [-0.25, -0.2) is 4.39 Å². The molecule has 3 heteroatoms. The van der Waals surface area contributed by atoms with Crippen molar-refractivity contribution in [2.75, 3.05) is 11.4 Å². The van der Waals surface area contributed by atoms with Crippen molar-refractivity contribution < 1.29 is 9.50 Å². The van der Waals surface area contributed by atoms with Crippen LogP contribution in [0.15, 0.2) is 42.5 Å². The Morgan fingerprint density at radius 3 is 2.65 bits per heavy atom. The number of aliphatic hydroxyl groups excluding tert-OH is 1. The second kappa shape index (κ2) is 5.25. The molecule has 0 radical (unpaired) electrons. The van der Waals surface area contributed by atoms with Gasteiger partial charge in [-0.05, 0) is 48.2 Å². The van der Waals surface area contributed by atoms with Gasteiger partial charge in [-0.2, -0.15) is 0 Å². The van der Waals surface area contributed by atoms with E-state index in [4.69, 9.17) is 0 Å². The second-order valence-electron chi connectivity index (χ2n) is 5.19. The Balaban J connectivity index is 1.90. The van der Waals surface area contributed by atoms with Crippen LogP contribution >= 0.6 is 0 Å². The van der Waals surface area contributed by atoms with Gasteiger partial charge in [0.1, 0.15) is 5.82 Å². The van der Waals surface area contributed by atoms with Crippen LogP contribution in [0.2, 0.25) is 0 Å². The minimum atomic E-state index is -0.410. The van der Waals surface area contributed by atoms with Crippen molar-refractivity contribution >= 4 is 11.4 Å². The molecule has 0 aromatic heterocycles. The van der Waals surface area contributed by atoms with Crippen molar-refractivity contribution in [1.82, 2.24) is 0 Å². The van der Waals surface area contributed by atoms with Crippen LogP contribution in [0.4, 0.5) is 15.8 Å². The van der Waals surface area contributed by atoms with Gasteiger partial charge in [0.05, 0.1) is 6.10 Å². The lowest BCUT2D eigenvalue weighted by Crippen LogP contribution is -2.13. The Morgan fingerprint density at radius 2 is 1.95 bits per heavy atom. The number of hydrogen-bond acceptors (Lipinski definition) is 2. The van der Waals surface area contributed by atoms with Crippen LogP contribution in [0.3, 0.4) is 0 Å². The summed E-state index contributed by atoms with van der Waals surface area (Å²) in [5.41, 5.74) is 4.11. The molecule has 20 heavy (non-hydrogen) atoms. The zero-order chi connectivity index (χ0) is 14.1. The van der Waals surface area contributed by atoms with Crippen molar-refractivity contribution in [3.05, 3.63) is 59.4 Å². The van der Waals surface area contributed by atoms with Crippen LogP contribution < -0.4 is 4.90 Å². The first-order chi connectivity index (χ1) is 9.69. The summed E-state index contributed by atoms with van der Waals surface area (Å²) >= 11 is 0. The molecular weight excluding hydrogens is 253 g/mol. The third-order valence-corrected chi connectivity index (χ3v) is 3.92. The van der Waals surface area contributed by atoms with E-state index in [2.05, 4.69) is 4.90 Å². The zero-order valence-electron chi connectivity index (χ0n) is 11.5. The first-order valence-electron chi connectivity index (χ1n) is 7.03. The molecule has 3 rings (SSSR count). The van der Waals surface area contributed by atoms with Crippen molar-refractivity contribution in [3.63, 3.8) is 0 Å². The van der Waals surface area contributed by atoms with Crippen molar-refractivity contribution in [1.29, 1.82) is 0 Å². The van der Waals surface area contributed by atoms with Gasteiger partial charge < -0.3 is 10.0 Å². The summed E-state index contributed by atoms with van der Waals surface area (Å²) in [5, 5.41) is 9.82.